The molecular weight excluding hydrogens is 230 g/mol. The van der Waals surface area contributed by atoms with Gasteiger partial charge < -0.3 is 5.73 Å². The second kappa shape index (κ2) is 18.2. The summed E-state index contributed by atoms with van der Waals surface area (Å²) in [7, 11) is 0. The molecule has 0 saturated carbocycles. The Morgan fingerprint density at radius 1 is 0.882 bits per heavy atom. The minimum Gasteiger partial charge on any atom is -0.370 e. The van der Waals surface area contributed by atoms with Crippen LogP contribution in [0.15, 0.2) is 0 Å². The molecule has 2 nitrogen and oxygen atoms in total. The Labute approximate surface area is 113 Å². The van der Waals surface area contributed by atoms with Crippen LogP contribution in [0.25, 0.3) is 0 Å². The minimum absolute atomic E-state index is 0.159. The number of carbonyl (C=O) groups is 1. The van der Waals surface area contributed by atoms with E-state index < -0.39 is 0 Å². The second-order valence-corrected chi connectivity index (χ2v) is 4.99. The number of hydrogen-bond donors (Lipinski definition) is 2. The van der Waals surface area contributed by atoms with Gasteiger partial charge in [0.25, 0.3) is 0 Å². The first-order chi connectivity index (χ1) is 8.18. The SMILES string of the molecule is CCCCCCCCCCCC(N)=O.CCS. The fourth-order valence-electron chi connectivity index (χ4n) is 1.61. The van der Waals surface area contributed by atoms with Crippen LogP contribution in [0.1, 0.15) is 78.1 Å². The van der Waals surface area contributed by atoms with Crippen molar-refractivity contribution in [2.75, 3.05) is 5.75 Å². The van der Waals surface area contributed by atoms with E-state index in [-0.39, 0.29) is 5.91 Å². The molecule has 0 radical (unpaired) electrons. The van der Waals surface area contributed by atoms with Gasteiger partial charge in [0.1, 0.15) is 0 Å². The normalized spacial score (nSPS) is 9.59. The van der Waals surface area contributed by atoms with Crippen molar-refractivity contribution in [3.8, 4) is 0 Å². The van der Waals surface area contributed by atoms with Crippen LogP contribution in [0.5, 0.6) is 0 Å². The largest absolute Gasteiger partial charge is 0.370 e. The van der Waals surface area contributed by atoms with Crippen LogP contribution >= 0.6 is 12.6 Å². The zero-order valence-corrected chi connectivity index (χ0v) is 12.6. The van der Waals surface area contributed by atoms with E-state index in [0.29, 0.717) is 6.42 Å². The van der Waals surface area contributed by atoms with Crippen molar-refractivity contribution >= 4 is 18.5 Å². The molecule has 2 N–H and O–H groups in total. The van der Waals surface area contributed by atoms with Crippen LogP contribution in [-0.4, -0.2) is 11.7 Å². The van der Waals surface area contributed by atoms with Crippen molar-refractivity contribution in [2.24, 2.45) is 5.73 Å². The summed E-state index contributed by atoms with van der Waals surface area (Å²) in [6, 6.07) is 0. The molecule has 0 aromatic rings. The predicted molar refractivity (Wildman–Crippen MR) is 80.6 cm³/mol. The highest BCUT2D eigenvalue weighted by Gasteiger charge is 1.94. The smallest absolute Gasteiger partial charge is 0.217 e. The summed E-state index contributed by atoms with van der Waals surface area (Å²) in [4.78, 5) is 10.4. The molecule has 0 aliphatic carbocycles. The molecule has 17 heavy (non-hydrogen) atoms. The third-order valence-corrected chi connectivity index (χ3v) is 2.53. The molecular formula is C14H31NOS. The van der Waals surface area contributed by atoms with E-state index >= 15 is 0 Å². The summed E-state index contributed by atoms with van der Waals surface area (Å²) in [5.41, 5.74) is 5.05. The average molecular weight is 261 g/mol. The third-order valence-electron chi connectivity index (χ3n) is 2.53. The van der Waals surface area contributed by atoms with Crippen LogP contribution in [0.3, 0.4) is 0 Å². The van der Waals surface area contributed by atoms with E-state index in [1.54, 1.807) is 0 Å². The first-order valence-electron chi connectivity index (χ1n) is 7.08. The van der Waals surface area contributed by atoms with Crippen molar-refractivity contribution in [2.45, 2.75) is 78.1 Å². The number of nitrogens with two attached hydrogens (primary N) is 1. The Morgan fingerprint density at radius 3 is 1.59 bits per heavy atom. The predicted octanol–water partition coefficient (Wildman–Crippen LogP) is 4.33. The molecule has 0 rings (SSSR count). The molecule has 0 aliphatic heterocycles. The van der Waals surface area contributed by atoms with Gasteiger partial charge in [0.05, 0.1) is 0 Å². The second-order valence-electron chi connectivity index (χ2n) is 4.36. The van der Waals surface area contributed by atoms with Crippen LogP contribution in [-0.2, 0) is 4.79 Å². The summed E-state index contributed by atoms with van der Waals surface area (Å²) < 4.78 is 0. The number of thiol groups is 1. The van der Waals surface area contributed by atoms with Gasteiger partial charge in [-0.1, -0.05) is 65.2 Å². The van der Waals surface area contributed by atoms with Crippen molar-refractivity contribution in [1.29, 1.82) is 0 Å². The van der Waals surface area contributed by atoms with Crippen LogP contribution in [0.2, 0.25) is 0 Å². The zero-order valence-electron chi connectivity index (χ0n) is 11.7. The fourth-order valence-corrected chi connectivity index (χ4v) is 1.61. The highest BCUT2D eigenvalue weighted by atomic mass is 32.1. The molecule has 0 aliphatic rings. The maximum Gasteiger partial charge on any atom is 0.217 e. The summed E-state index contributed by atoms with van der Waals surface area (Å²) in [6.45, 7) is 4.23. The number of carbonyl (C=O) groups excluding carboxylic acids is 1. The van der Waals surface area contributed by atoms with Crippen molar-refractivity contribution in [1.82, 2.24) is 0 Å². The molecule has 0 unspecified atom stereocenters. The molecule has 1 amide bonds. The molecule has 104 valence electrons. The number of amides is 1. The van der Waals surface area contributed by atoms with Crippen molar-refractivity contribution < 1.29 is 4.79 Å². The Bertz CT molecular complexity index is 151. The van der Waals surface area contributed by atoms with E-state index in [1.165, 1.54) is 44.9 Å². The zero-order chi connectivity index (χ0) is 13.4. The molecule has 0 fully saturated rings. The molecule has 0 aromatic carbocycles. The highest BCUT2D eigenvalue weighted by Crippen LogP contribution is 2.10. The number of hydrogen-bond acceptors (Lipinski definition) is 2. The van der Waals surface area contributed by atoms with Crippen molar-refractivity contribution in [3.63, 3.8) is 0 Å². The molecule has 0 spiro atoms. The van der Waals surface area contributed by atoms with Gasteiger partial charge in [-0.2, -0.15) is 12.6 Å². The summed E-state index contributed by atoms with van der Waals surface area (Å²) in [6.07, 6.45) is 12.1. The first kappa shape index (κ1) is 19.2. The standard InChI is InChI=1S/C12H25NO.C2H6S/c1-2-3-4-5-6-7-8-9-10-11-12(13)14;1-2-3/h2-11H2,1H3,(H2,13,14);3H,2H2,1H3. The maximum absolute atomic E-state index is 10.4. The van der Waals surface area contributed by atoms with Gasteiger partial charge >= 0.3 is 0 Å². The average Bonchev–Trinajstić information content (AvgIpc) is 2.27. The number of rotatable bonds is 10. The highest BCUT2D eigenvalue weighted by molar-refractivity contribution is 7.80. The van der Waals surface area contributed by atoms with Crippen LogP contribution in [0.4, 0.5) is 0 Å². The van der Waals surface area contributed by atoms with Crippen LogP contribution < -0.4 is 5.73 Å². The maximum atomic E-state index is 10.4. The Morgan fingerprint density at radius 2 is 1.24 bits per heavy atom. The van der Waals surface area contributed by atoms with Crippen molar-refractivity contribution in [3.05, 3.63) is 0 Å². The van der Waals surface area contributed by atoms with E-state index in [2.05, 4.69) is 19.6 Å². The van der Waals surface area contributed by atoms with Gasteiger partial charge in [-0.05, 0) is 12.2 Å². The Kier molecular flexibility index (Phi) is 20.5. The molecule has 0 aromatic heterocycles. The topological polar surface area (TPSA) is 43.1 Å². The quantitative estimate of drug-likeness (QED) is 0.446. The number of primary amides is 1. The minimum atomic E-state index is -0.159. The van der Waals surface area contributed by atoms with Gasteiger partial charge in [0.2, 0.25) is 5.91 Å². The fraction of sp³-hybridized carbons (Fsp3) is 0.929. The molecule has 0 bridgehead atoms. The van der Waals surface area contributed by atoms with Gasteiger partial charge in [-0.15, -0.1) is 0 Å². The Hall–Kier alpha value is -0.180. The lowest BCUT2D eigenvalue weighted by atomic mass is 10.1. The summed E-state index contributed by atoms with van der Waals surface area (Å²) in [5, 5.41) is 0. The first-order valence-corrected chi connectivity index (χ1v) is 7.71. The summed E-state index contributed by atoms with van der Waals surface area (Å²) in [5.74, 6) is 0.785. The molecule has 0 heterocycles. The van der Waals surface area contributed by atoms with E-state index in [4.69, 9.17) is 5.73 Å². The lowest BCUT2D eigenvalue weighted by molar-refractivity contribution is -0.118. The Balaban J connectivity index is 0. The van der Waals surface area contributed by atoms with E-state index in [1.807, 2.05) is 6.92 Å². The lowest BCUT2D eigenvalue weighted by Crippen LogP contribution is -2.09. The van der Waals surface area contributed by atoms with Gasteiger partial charge in [0, 0.05) is 6.42 Å². The van der Waals surface area contributed by atoms with Gasteiger partial charge in [-0.3, -0.25) is 4.79 Å². The molecule has 3 heteroatoms. The monoisotopic (exact) mass is 261 g/mol. The number of unbranched alkanes of at least 4 members (excludes halogenated alkanes) is 8. The third kappa shape index (κ3) is 25.8. The summed E-state index contributed by atoms with van der Waals surface area (Å²) >= 11 is 3.79. The molecule has 0 saturated heterocycles. The van der Waals surface area contributed by atoms with E-state index in [0.717, 1.165) is 18.6 Å². The van der Waals surface area contributed by atoms with Gasteiger partial charge in [-0.25, -0.2) is 0 Å². The van der Waals surface area contributed by atoms with Crippen LogP contribution in [0, 0.1) is 0 Å². The molecule has 0 atom stereocenters. The van der Waals surface area contributed by atoms with Gasteiger partial charge in [0.15, 0.2) is 0 Å². The van der Waals surface area contributed by atoms with E-state index in [9.17, 15) is 4.79 Å². The lowest BCUT2D eigenvalue weighted by Gasteiger charge is -2.00.